The second-order valence-corrected chi connectivity index (χ2v) is 6.31. The third kappa shape index (κ3) is 3.72. The molecule has 0 spiro atoms. The van der Waals surface area contributed by atoms with Gasteiger partial charge in [0, 0.05) is 19.5 Å². The van der Waals surface area contributed by atoms with E-state index in [1.807, 2.05) is 42.5 Å². The molecule has 1 aliphatic heterocycles. The highest BCUT2D eigenvalue weighted by atomic mass is 19.1. The van der Waals surface area contributed by atoms with Crippen LogP contribution in [0.5, 0.6) is 0 Å². The number of amides is 1. The molecule has 0 bridgehead atoms. The number of nitrogens with zero attached hydrogens (tertiary/aromatic N) is 2. The zero-order valence-corrected chi connectivity index (χ0v) is 14.0. The molecular weight excluding hydrogens is 331 g/mol. The number of hydrogen-bond donors (Lipinski definition) is 2. The van der Waals surface area contributed by atoms with E-state index in [0.29, 0.717) is 12.0 Å². The number of nitriles is 2. The molecule has 0 saturated carbocycles. The molecule has 1 aliphatic rings. The average Bonchev–Trinajstić information content (AvgIpc) is 2.66. The second-order valence-electron chi connectivity index (χ2n) is 6.31. The molecule has 26 heavy (non-hydrogen) atoms. The van der Waals surface area contributed by atoms with E-state index < -0.39 is 17.6 Å². The van der Waals surface area contributed by atoms with Crippen molar-refractivity contribution in [3.8, 4) is 23.3 Å². The largest absolute Gasteiger partial charge is 0.337 e. The molecule has 0 aromatic heterocycles. The summed E-state index contributed by atoms with van der Waals surface area (Å²) in [6.45, 7) is -0.0352. The maximum atomic E-state index is 14.0. The molecule has 3 rings (SSSR count). The summed E-state index contributed by atoms with van der Waals surface area (Å²) in [5.41, 5.74) is 1.53. The van der Waals surface area contributed by atoms with Gasteiger partial charge in [-0.2, -0.15) is 10.5 Å². The maximum Gasteiger partial charge on any atom is 0.261 e. The highest BCUT2D eigenvalue weighted by Crippen LogP contribution is 2.21. The maximum absolute atomic E-state index is 14.0. The fourth-order valence-electron chi connectivity index (χ4n) is 2.73. The van der Waals surface area contributed by atoms with Gasteiger partial charge in [0.2, 0.25) is 5.67 Å². The van der Waals surface area contributed by atoms with Crippen LogP contribution >= 0.6 is 0 Å². The minimum atomic E-state index is -1.91. The van der Waals surface area contributed by atoms with Gasteiger partial charge >= 0.3 is 0 Å². The minimum absolute atomic E-state index is 0.0176. The fourth-order valence-corrected chi connectivity index (χ4v) is 2.73. The molecule has 1 saturated heterocycles. The van der Waals surface area contributed by atoms with Gasteiger partial charge in [-0.05, 0) is 28.8 Å². The van der Waals surface area contributed by atoms with Crippen LogP contribution in [0.2, 0.25) is 0 Å². The second kappa shape index (κ2) is 7.35. The highest BCUT2D eigenvalue weighted by molar-refractivity contribution is 5.87. The monoisotopic (exact) mass is 348 g/mol. The molecule has 130 valence electrons. The van der Waals surface area contributed by atoms with Gasteiger partial charge in [0.25, 0.3) is 5.91 Å². The van der Waals surface area contributed by atoms with E-state index in [1.165, 1.54) is 0 Å². The van der Waals surface area contributed by atoms with Crippen molar-refractivity contribution >= 4 is 5.91 Å². The number of carbonyl (C=O) groups is 1. The molecule has 2 aromatic carbocycles. The fraction of sp³-hybridized carbons (Fsp3) is 0.250. The Balaban J connectivity index is 1.65. The van der Waals surface area contributed by atoms with E-state index in [1.54, 1.807) is 12.1 Å². The van der Waals surface area contributed by atoms with Gasteiger partial charge in [0.05, 0.1) is 17.7 Å². The van der Waals surface area contributed by atoms with Crippen LogP contribution in [0, 0.1) is 22.7 Å². The van der Waals surface area contributed by atoms with Gasteiger partial charge in [0.1, 0.15) is 6.04 Å². The molecule has 1 amide bonds. The lowest BCUT2D eigenvalue weighted by molar-refractivity contribution is -0.136. The Labute approximate surface area is 151 Å². The van der Waals surface area contributed by atoms with Gasteiger partial charge in [-0.15, -0.1) is 0 Å². The Kier molecular flexibility index (Phi) is 4.97. The highest BCUT2D eigenvalue weighted by Gasteiger charge is 2.45. The van der Waals surface area contributed by atoms with Gasteiger partial charge in [-0.3, -0.25) is 4.79 Å². The number of alkyl halides is 1. The summed E-state index contributed by atoms with van der Waals surface area (Å²) in [4.78, 5) is 11.9. The van der Waals surface area contributed by atoms with Crippen molar-refractivity contribution in [3.05, 3.63) is 59.7 Å². The van der Waals surface area contributed by atoms with Crippen molar-refractivity contribution < 1.29 is 9.18 Å². The summed E-state index contributed by atoms with van der Waals surface area (Å²) in [6, 6.07) is 18.2. The van der Waals surface area contributed by atoms with E-state index in [4.69, 9.17) is 5.26 Å². The van der Waals surface area contributed by atoms with Crippen molar-refractivity contribution in [2.45, 2.75) is 18.1 Å². The molecule has 2 aromatic rings. The number of nitrogens with one attached hydrogen (secondary N) is 2. The lowest BCUT2D eigenvalue weighted by Gasteiger charge is -2.33. The average molecular weight is 348 g/mol. The first-order valence-corrected chi connectivity index (χ1v) is 8.24. The van der Waals surface area contributed by atoms with Crippen LogP contribution < -0.4 is 10.6 Å². The molecule has 2 N–H and O–H groups in total. The number of rotatable bonds is 5. The van der Waals surface area contributed by atoms with Crippen molar-refractivity contribution in [3.63, 3.8) is 0 Å². The Morgan fingerprint density at radius 3 is 2.15 bits per heavy atom. The Hall–Kier alpha value is -3.22. The summed E-state index contributed by atoms with van der Waals surface area (Å²) in [6.07, 6.45) is 0.305. The number of halogens is 1. The first-order valence-electron chi connectivity index (χ1n) is 8.24. The predicted molar refractivity (Wildman–Crippen MR) is 94.5 cm³/mol. The molecular formula is C20H17FN4O. The summed E-state index contributed by atoms with van der Waals surface area (Å²) in [7, 11) is 0. The van der Waals surface area contributed by atoms with Crippen LogP contribution in [0.25, 0.3) is 11.1 Å². The van der Waals surface area contributed by atoms with E-state index >= 15 is 0 Å². The predicted octanol–water partition coefficient (Wildman–Crippen LogP) is 2.09. The van der Waals surface area contributed by atoms with Crippen LogP contribution in [-0.4, -0.2) is 30.7 Å². The van der Waals surface area contributed by atoms with Gasteiger partial charge in [0.15, 0.2) is 0 Å². The molecule has 6 heteroatoms. The van der Waals surface area contributed by atoms with E-state index in [9.17, 15) is 14.4 Å². The Morgan fingerprint density at radius 1 is 1.12 bits per heavy atom. The molecule has 1 fully saturated rings. The Bertz CT molecular complexity index is 874. The third-order valence-electron chi connectivity index (χ3n) is 4.42. The first-order chi connectivity index (χ1) is 12.5. The van der Waals surface area contributed by atoms with Crippen LogP contribution in [-0.2, 0) is 11.2 Å². The topological polar surface area (TPSA) is 88.7 Å². The molecule has 1 heterocycles. The summed E-state index contributed by atoms with van der Waals surface area (Å²) >= 11 is 0. The van der Waals surface area contributed by atoms with Crippen molar-refractivity contribution in [1.82, 2.24) is 10.6 Å². The van der Waals surface area contributed by atoms with Gasteiger partial charge in [-0.25, -0.2) is 4.39 Å². The van der Waals surface area contributed by atoms with Crippen LogP contribution in [0.15, 0.2) is 48.5 Å². The minimum Gasteiger partial charge on any atom is -0.337 e. The molecule has 0 aliphatic carbocycles. The Morgan fingerprint density at radius 2 is 1.69 bits per heavy atom. The van der Waals surface area contributed by atoms with Crippen molar-refractivity contribution in [2.24, 2.45) is 0 Å². The van der Waals surface area contributed by atoms with E-state index in [-0.39, 0.29) is 13.1 Å². The molecule has 1 unspecified atom stereocenters. The van der Waals surface area contributed by atoms with Crippen molar-refractivity contribution in [2.75, 3.05) is 13.1 Å². The van der Waals surface area contributed by atoms with Gasteiger partial charge in [-0.1, -0.05) is 36.4 Å². The molecule has 5 nitrogen and oxygen atoms in total. The van der Waals surface area contributed by atoms with Crippen LogP contribution in [0.4, 0.5) is 4.39 Å². The third-order valence-corrected chi connectivity index (χ3v) is 4.42. The normalized spacial score (nSPS) is 15.8. The quantitative estimate of drug-likeness (QED) is 0.866. The standard InChI is InChI=1S/C20H17FN4O/c21-20(12-24-13-20)19(26)25-18(11-23)9-14-1-5-16(6-2-14)17-7-3-15(10-22)4-8-17/h1-8,18,24H,9,12-13H2,(H,25,26). The number of carbonyl (C=O) groups excluding carboxylic acids is 1. The zero-order valence-electron chi connectivity index (χ0n) is 14.0. The first kappa shape index (κ1) is 17.6. The number of benzene rings is 2. The molecule has 0 radical (unpaired) electrons. The smallest absolute Gasteiger partial charge is 0.261 e. The lowest BCUT2D eigenvalue weighted by atomic mass is 9.97. The number of hydrogen-bond acceptors (Lipinski definition) is 4. The summed E-state index contributed by atoms with van der Waals surface area (Å²) in [5, 5.41) is 23.3. The lowest BCUT2D eigenvalue weighted by Crippen LogP contribution is -2.65. The van der Waals surface area contributed by atoms with Crippen LogP contribution in [0.3, 0.4) is 0 Å². The molecule has 1 atom stereocenters. The van der Waals surface area contributed by atoms with Crippen molar-refractivity contribution in [1.29, 1.82) is 10.5 Å². The summed E-state index contributed by atoms with van der Waals surface area (Å²) in [5.74, 6) is -0.739. The SMILES string of the molecule is N#Cc1ccc(-c2ccc(CC(C#N)NC(=O)C3(F)CNC3)cc2)cc1. The zero-order chi connectivity index (χ0) is 18.6. The van der Waals surface area contributed by atoms with E-state index in [0.717, 1.165) is 16.7 Å². The van der Waals surface area contributed by atoms with E-state index in [2.05, 4.69) is 16.7 Å². The van der Waals surface area contributed by atoms with Crippen LogP contribution in [0.1, 0.15) is 11.1 Å². The summed E-state index contributed by atoms with van der Waals surface area (Å²) < 4.78 is 14.0. The van der Waals surface area contributed by atoms with Gasteiger partial charge < -0.3 is 10.6 Å².